The van der Waals surface area contributed by atoms with Crippen LogP contribution < -0.4 is 0 Å². The number of halogens is 1. The van der Waals surface area contributed by atoms with Crippen LogP contribution >= 0.6 is 11.6 Å². The first-order valence-corrected chi connectivity index (χ1v) is 17.0. The number of fused-ring (bicyclic) bond motifs is 2. The molecule has 5 rings (SSSR count). The molecule has 45 heavy (non-hydrogen) atoms. The summed E-state index contributed by atoms with van der Waals surface area (Å²) in [6.45, 7) is 17.0. The Morgan fingerprint density at radius 1 is 1.07 bits per heavy atom. The highest BCUT2D eigenvalue weighted by molar-refractivity contribution is 6.26. The first-order valence-electron chi connectivity index (χ1n) is 16.5. The lowest BCUT2D eigenvalue weighted by Crippen LogP contribution is -2.56. The number of rotatable bonds is 10. The average Bonchev–Trinajstić information content (AvgIpc) is 3.59. The molecule has 2 spiro atoms. The Morgan fingerprint density at radius 2 is 1.76 bits per heavy atom. The van der Waals surface area contributed by atoms with Crippen molar-refractivity contribution in [3.63, 3.8) is 0 Å². The van der Waals surface area contributed by atoms with Crippen LogP contribution in [0.2, 0.25) is 0 Å². The van der Waals surface area contributed by atoms with Crippen LogP contribution in [0, 0.1) is 57.2 Å². The summed E-state index contributed by atoms with van der Waals surface area (Å²) in [5, 5.41) is 0. The van der Waals surface area contributed by atoms with Gasteiger partial charge in [-0.3, -0.25) is 24.0 Å². The molecule has 0 aromatic rings. The van der Waals surface area contributed by atoms with Crippen molar-refractivity contribution in [2.75, 3.05) is 12.5 Å². The third-order valence-corrected chi connectivity index (χ3v) is 13.7. The molecule has 0 aromatic carbocycles. The van der Waals surface area contributed by atoms with E-state index in [9.17, 15) is 24.0 Å². The molecule has 5 aliphatic rings. The maximum absolute atomic E-state index is 14.0. The number of alkyl halides is 1. The van der Waals surface area contributed by atoms with Gasteiger partial charge in [0.1, 0.15) is 12.0 Å². The molecule has 5 aliphatic carbocycles. The monoisotopic (exact) mass is 644 g/mol. The fraction of sp³-hybridized carbons (Fsp3) is 0.750. The molecule has 0 bridgehead atoms. The van der Waals surface area contributed by atoms with Crippen molar-refractivity contribution in [1.29, 1.82) is 0 Å². The highest BCUT2D eigenvalue weighted by Gasteiger charge is 2.81. The highest BCUT2D eigenvalue weighted by atomic mass is 35.5. The molecule has 4 fully saturated rings. The molecule has 0 saturated heterocycles. The lowest BCUT2D eigenvalue weighted by atomic mass is 9.43. The standard InChI is InChI=1S/C36H49ClO8/c1-19(17-43-23(5)38)20(2)31(42)32(45-29(41)16-37)22(4)30-27(44-24(6)39)15-34(8)28-10-9-25-21(3)26(40)11-12-35(25)18-36(28,35)14-13-33(30,34)7/h11-12,19,21-22,25,27-28,30,32H,2,9-10,13-18H2,1,3-8H3/t19-,21-,22-,25-,27-,28-,30-,32+,33+,34-,35+,36-/m0/s1. The largest absolute Gasteiger partial charge is 0.465 e. The summed E-state index contributed by atoms with van der Waals surface area (Å²) in [6.07, 6.45) is 7.98. The van der Waals surface area contributed by atoms with Gasteiger partial charge >= 0.3 is 17.9 Å². The quantitative estimate of drug-likeness (QED) is 0.123. The van der Waals surface area contributed by atoms with Crippen LogP contribution in [0.5, 0.6) is 0 Å². The number of ether oxygens (including phenoxy) is 3. The molecule has 0 aromatic heterocycles. The Labute approximate surface area is 272 Å². The highest BCUT2D eigenvalue weighted by Crippen LogP contribution is 2.87. The number of hydrogen-bond acceptors (Lipinski definition) is 8. The third-order valence-electron chi connectivity index (χ3n) is 13.5. The van der Waals surface area contributed by atoms with E-state index in [1.165, 1.54) is 13.8 Å². The molecule has 0 aliphatic heterocycles. The third kappa shape index (κ3) is 5.03. The maximum atomic E-state index is 14.0. The van der Waals surface area contributed by atoms with Gasteiger partial charge in [0.05, 0.1) is 6.61 Å². The summed E-state index contributed by atoms with van der Waals surface area (Å²) < 4.78 is 17.0. The van der Waals surface area contributed by atoms with E-state index < -0.39 is 47.6 Å². The van der Waals surface area contributed by atoms with Gasteiger partial charge in [0.25, 0.3) is 0 Å². The van der Waals surface area contributed by atoms with Crippen LogP contribution in [0.4, 0.5) is 0 Å². The minimum Gasteiger partial charge on any atom is -0.465 e. The van der Waals surface area contributed by atoms with E-state index in [-0.39, 0.29) is 57.4 Å². The molecule has 0 unspecified atom stereocenters. The van der Waals surface area contributed by atoms with Gasteiger partial charge in [-0.15, -0.1) is 11.6 Å². The van der Waals surface area contributed by atoms with Gasteiger partial charge in [0, 0.05) is 37.5 Å². The summed E-state index contributed by atoms with van der Waals surface area (Å²) in [5.74, 6) is -2.75. The summed E-state index contributed by atoms with van der Waals surface area (Å²) in [5.41, 5.74) is -0.219. The second-order valence-electron chi connectivity index (χ2n) is 15.3. The minimum absolute atomic E-state index is 0.0229. The number of allylic oxidation sites excluding steroid dienone is 2. The van der Waals surface area contributed by atoms with Crippen molar-refractivity contribution in [2.45, 2.75) is 99.2 Å². The summed E-state index contributed by atoms with van der Waals surface area (Å²) in [7, 11) is 0. The molecular formula is C36H49ClO8. The van der Waals surface area contributed by atoms with Crippen molar-refractivity contribution in [3.8, 4) is 0 Å². The van der Waals surface area contributed by atoms with Gasteiger partial charge < -0.3 is 14.2 Å². The molecule has 0 heterocycles. The van der Waals surface area contributed by atoms with Gasteiger partial charge in [-0.25, -0.2) is 0 Å². The van der Waals surface area contributed by atoms with Crippen molar-refractivity contribution >= 4 is 41.1 Å². The first kappa shape index (κ1) is 33.9. The number of ketones is 2. The molecule has 9 heteroatoms. The maximum Gasteiger partial charge on any atom is 0.321 e. The molecule has 248 valence electrons. The summed E-state index contributed by atoms with van der Waals surface area (Å²) in [4.78, 5) is 63.3. The number of Topliss-reactive ketones (excluding diaryl/α,β-unsaturated/α-hetero) is 1. The fourth-order valence-corrected chi connectivity index (χ4v) is 11.2. The summed E-state index contributed by atoms with van der Waals surface area (Å²) in [6, 6.07) is 0. The summed E-state index contributed by atoms with van der Waals surface area (Å²) >= 11 is 5.86. The van der Waals surface area contributed by atoms with Crippen molar-refractivity contribution in [1.82, 2.24) is 0 Å². The normalized spacial score (nSPS) is 41.2. The van der Waals surface area contributed by atoms with Crippen LogP contribution in [0.25, 0.3) is 0 Å². The van der Waals surface area contributed by atoms with E-state index in [1.54, 1.807) is 6.92 Å². The lowest BCUT2D eigenvalue weighted by molar-refractivity contribution is -0.166. The van der Waals surface area contributed by atoms with E-state index in [2.05, 4.69) is 33.4 Å². The van der Waals surface area contributed by atoms with E-state index in [4.69, 9.17) is 25.8 Å². The zero-order chi connectivity index (χ0) is 33.3. The van der Waals surface area contributed by atoms with Crippen LogP contribution in [0.15, 0.2) is 24.3 Å². The van der Waals surface area contributed by atoms with Crippen LogP contribution in [0.3, 0.4) is 0 Å². The Bertz CT molecular complexity index is 1340. The van der Waals surface area contributed by atoms with Gasteiger partial charge in [0.2, 0.25) is 0 Å². The Hall–Kier alpha value is -2.48. The Balaban J connectivity index is 1.51. The number of esters is 3. The fourth-order valence-electron chi connectivity index (χ4n) is 11.2. The zero-order valence-corrected chi connectivity index (χ0v) is 28.5. The molecule has 8 nitrogen and oxygen atoms in total. The van der Waals surface area contributed by atoms with Crippen molar-refractivity contribution in [2.24, 2.45) is 57.2 Å². The lowest BCUT2D eigenvalue weighted by Gasteiger charge is -2.61. The first-order chi connectivity index (χ1) is 21.0. The predicted octanol–water partition coefficient (Wildman–Crippen LogP) is 6.03. The Kier molecular flexibility index (Phi) is 8.76. The van der Waals surface area contributed by atoms with Gasteiger partial charge in [-0.1, -0.05) is 47.3 Å². The SMILES string of the molecule is C=C(C(=O)[C@H](OC(=O)CCl)[C@@H](C)[C@H]1[C@@H](OC(C)=O)C[C@@]2(C)[C@@H]3CC[C@H]4[C@H](C)C(=O)C=C[C@@]45C[C@@]35CC[C@]12C)[C@@H](C)COC(C)=O. The van der Waals surface area contributed by atoms with E-state index >= 15 is 0 Å². The minimum atomic E-state index is -1.20. The Morgan fingerprint density at radius 3 is 2.38 bits per heavy atom. The molecular weight excluding hydrogens is 596 g/mol. The molecule has 0 N–H and O–H groups in total. The van der Waals surface area contributed by atoms with Gasteiger partial charge in [-0.05, 0) is 83.7 Å². The van der Waals surface area contributed by atoms with Crippen LogP contribution in [-0.4, -0.2) is 54.2 Å². The second kappa shape index (κ2) is 11.6. The van der Waals surface area contributed by atoms with Crippen molar-refractivity contribution in [3.05, 3.63) is 24.3 Å². The molecule has 0 radical (unpaired) electrons. The van der Waals surface area contributed by atoms with Gasteiger partial charge in [0.15, 0.2) is 17.7 Å². The second-order valence-corrected chi connectivity index (χ2v) is 15.6. The van der Waals surface area contributed by atoms with Gasteiger partial charge in [-0.2, -0.15) is 0 Å². The molecule has 0 amide bonds. The molecule has 12 atom stereocenters. The molecule has 4 saturated carbocycles. The predicted molar refractivity (Wildman–Crippen MR) is 168 cm³/mol. The average molecular weight is 645 g/mol. The van der Waals surface area contributed by atoms with Crippen LogP contribution in [0.1, 0.15) is 87.0 Å². The van der Waals surface area contributed by atoms with E-state index in [0.29, 0.717) is 18.3 Å². The van der Waals surface area contributed by atoms with E-state index in [1.807, 2.05) is 13.0 Å². The smallest absolute Gasteiger partial charge is 0.321 e. The van der Waals surface area contributed by atoms with E-state index in [0.717, 1.165) is 32.1 Å². The number of hydrogen-bond donors (Lipinski definition) is 0. The number of carbonyl (C=O) groups excluding carboxylic acids is 5. The zero-order valence-electron chi connectivity index (χ0n) is 27.8. The topological polar surface area (TPSA) is 113 Å². The van der Waals surface area contributed by atoms with Crippen molar-refractivity contribution < 1.29 is 38.2 Å². The number of carbonyl (C=O) groups is 5. The van der Waals surface area contributed by atoms with Crippen LogP contribution in [-0.2, 0) is 38.2 Å².